The average Bonchev–Trinajstić information content (AvgIpc) is 1.96. The Kier molecular flexibility index (Phi) is 5.13. The Morgan fingerprint density at radius 3 is 2.46 bits per heavy atom. The molecule has 13 heavy (non-hydrogen) atoms. The van der Waals surface area contributed by atoms with Crippen molar-refractivity contribution in [3.63, 3.8) is 0 Å². The van der Waals surface area contributed by atoms with Gasteiger partial charge in [-0.1, -0.05) is 0 Å². The molecule has 0 aromatic rings. The van der Waals surface area contributed by atoms with Gasteiger partial charge in [0.05, 0.1) is 11.6 Å². The summed E-state index contributed by atoms with van der Waals surface area (Å²) in [6.45, 7) is 5.51. The van der Waals surface area contributed by atoms with E-state index in [1.54, 1.807) is 0 Å². The molecule has 78 valence electrons. The van der Waals surface area contributed by atoms with E-state index in [0.717, 1.165) is 6.29 Å². The number of rotatable bonds is 5. The first-order valence-corrected chi connectivity index (χ1v) is 4.42. The highest BCUT2D eigenvalue weighted by Gasteiger charge is 2.21. The van der Waals surface area contributed by atoms with Crippen molar-refractivity contribution in [1.82, 2.24) is 0 Å². The fourth-order valence-corrected chi connectivity index (χ4v) is 0.853. The minimum absolute atomic E-state index is 0.353. The smallest absolute Gasteiger partial charge is 0.170 e. The third-order valence-corrected chi connectivity index (χ3v) is 1.46. The molecule has 0 aromatic heterocycles. The monoisotopic (exact) mass is 189 g/mol. The fourth-order valence-electron chi connectivity index (χ4n) is 0.853. The molecule has 0 radical (unpaired) electrons. The van der Waals surface area contributed by atoms with E-state index in [2.05, 4.69) is 0 Å². The van der Waals surface area contributed by atoms with E-state index in [9.17, 15) is 9.90 Å². The van der Waals surface area contributed by atoms with E-state index in [-0.39, 0.29) is 0 Å². The normalized spacial score (nSPS) is 16.7. The lowest BCUT2D eigenvalue weighted by Crippen LogP contribution is -2.41. The molecule has 4 heteroatoms. The van der Waals surface area contributed by atoms with Crippen molar-refractivity contribution in [3.8, 4) is 0 Å². The average molecular weight is 189 g/mol. The number of aldehydes is 1. The summed E-state index contributed by atoms with van der Waals surface area (Å²) in [5, 5.41) is 9.42. The summed E-state index contributed by atoms with van der Waals surface area (Å²) in [7, 11) is 0. The Balaban J connectivity index is 3.81. The molecule has 0 bridgehead atoms. The lowest BCUT2D eigenvalue weighted by molar-refractivity contribution is -0.176. The van der Waals surface area contributed by atoms with E-state index >= 15 is 0 Å². The molecule has 0 aliphatic heterocycles. The molecule has 3 N–H and O–H groups in total. The van der Waals surface area contributed by atoms with Gasteiger partial charge in [-0.3, -0.25) is 0 Å². The summed E-state index contributed by atoms with van der Waals surface area (Å²) in [4.78, 5) is 10.0. The van der Waals surface area contributed by atoms with Crippen LogP contribution in [0.25, 0.3) is 0 Å². The van der Waals surface area contributed by atoms with Gasteiger partial charge in [-0.2, -0.15) is 0 Å². The lowest BCUT2D eigenvalue weighted by atomic mass is 10.1. The Morgan fingerprint density at radius 2 is 2.08 bits per heavy atom. The molecule has 0 fully saturated rings. The van der Waals surface area contributed by atoms with Gasteiger partial charge in [0.2, 0.25) is 0 Å². The van der Waals surface area contributed by atoms with E-state index in [1.807, 2.05) is 20.8 Å². The molecule has 2 atom stereocenters. The van der Waals surface area contributed by atoms with E-state index < -0.39 is 17.9 Å². The largest absolute Gasteiger partial charge is 0.367 e. The second-order valence-electron chi connectivity index (χ2n) is 4.03. The van der Waals surface area contributed by atoms with Gasteiger partial charge >= 0.3 is 0 Å². The van der Waals surface area contributed by atoms with Crippen LogP contribution < -0.4 is 5.73 Å². The van der Waals surface area contributed by atoms with Crippen molar-refractivity contribution in [2.24, 2.45) is 5.73 Å². The van der Waals surface area contributed by atoms with E-state index in [0.29, 0.717) is 12.8 Å². The standard InChI is InChI=1S/C9H19NO3/c1-9(2,3)13-8(12)7(10)5-4-6-11/h6-8,12H,4-5,10H2,1-3H3. The fraction of sp³-hybridized carbons (Fsp3) is 0.889. The predicted molar refractivity (Wildman–Crippen MR) is 50.1 cm³/mol. The quantitative estimate of drug-likeness (QED) is 0.486. The van der Waals surface area contributed by atoms with Crippen molar-refractivity contribution in [2.75, 3.05) is 0 Å². The Bertz CT molecular complexity index is 153. The Hall–Kier alpha value is -0.450. The minimum atomic E-state index is -1.00. The second-order valence-corrected chi connectivity index (χ2v) is 4.03. The SMILES string of the molecule is CC(C)(C)OC(O)C(N)CCC=O. The third kappa shape index (κ3) is 6.69. The summed E-state index contributed by atoms with van der Waals surface area (Å²) in [5.74, 6) is 0. The minimum Gasteiger partial charge on any atom is -0.367 e. The van der Waals surface area contributed by atoms with Crippen LogP contribution in [0.5, 0.6) is 0 Å². The van der Waals surface area contributed by atoms with Gasteiger partial charge in [-0.05, 0) is 27.2 Å². The second kappa shape index (κ2) is 5.32. The number of carbonyl (C=O) groups excluding carboxylic acids is 1. The summed E-state index contributed by atoms with van der Waals surface area (Å²) in [6.07, 6.45) is 0.579. The number of carbonyl (C=O) groups is 1. The highest BCUT2D eigenvalue weighted by molar-refractivity contribution is 5.49. The molecular weight excluding hydrogens is 170 g/mol. The molecule has 0 aliphatic carbocycles. The summed E-state index contributed by atoms with van der Waals surface area (Å²) in [6, 6.07) is -0.496. The summed E-state index contributed by atoms with van der Waals surface area (Å²) in [5.41, 5.74) is 5.16. The number of hydrogen-bond donors (Lipinski definition) is 2. The molecule has 0 heterocycles. The maximum atomic E-state index is 10.0. The van der Waals surface area contributed by atoms with Crippen LogP contribution in [-0.4, -0.2) is 29.3 Å². The number of hydrogen-bond acceptors (Lipinski definition) is 4. The van der Waals surface area contributed by atoms with Crippen LogP contribution in [0.15, 0.2) is 0 Å². The van der Waals surface area contributed by atoms with Crippen molar-refractivity contribution >= 4 is 6.29 Å². The van der Waals surface area contributed by atoms with Crippen molar-refractivity contribution in [2.45, 2.75) is 51.5 Å². The van der Waals surface area contributed by atoms with Crippen LogP contribution in [0.3, 0.4) is 0 Å². The Morgan fingerprint density at radius 1 is 1.54 bits per heavy atom. The van der Waals surface area contributed by atoms with Crippen molar-refractivity contribution in [3.05, 3.63) is 0 Å². The molecule has 0 amide bonds. The number of aliphatic hydroxyl groups is 1. The number of aliphatic hydroxyl groups excluding tert-OH is 1. The topological polar surface area (TPSA) is 72.6 Å². The van der Waals surface area contributed by atoms with Crippen LogP contribution in [0.1, 0.15) is 33.6 Å². The van der Waals surface area contributed by atoms with Gasteiger partial charge in [0, 0.05) is 6.42 Å². The van der Waals surface area contributed by atoms with Gasteiger partial charge in [0.1, 0.15) is 6.29 Å². The zero-order valence-corrected chi connectivity index (χ0v) is 8.49. The molecule has 4 nitrogen and oxygen atoms in total. The van der Waals surface area contributed by atoms with Gasteiger partial charge in [-0.25, -0.2) is 0 Å². The first-order valence-electron chi connectivity index (χ1n) is 4.42. The molecular formula is C9H19NO3. The van der Waals surface area contributed by atoms with Gasteiger partial charge in [0.15, 0.2) is 6.29 Å². The molecule has 2 unspecified atom stereocenters. The highest BCUT2D eigenvalue weighted by atomic mass is 16.6. The van der Waals surface area contributed by atoms with E-state index in [1.165, 1.54) is 0 Å². The first kappa shape index (κ1) is 12.6. The Labute approximate surface area is 79.1 Å². The molecule has 0 saturated carbocycles. The molecule has 0 rings (SSSR count). The molecule has 0 aromatic carbocycles. The highest BCUT2D eigenvalue weighted by Crippen LogP contribution is 2.12. The van der Waals surface area contributed by atoms with Crippen molar-refractivity contribution in [1.29, 1.82) is 0 Å². The maximum absolute atomic E-state index is 10.0. The van der Waals surface area contributed by atoms with Crippen molar-refractivity contribution < 1.29 is 14.6 Å². The van der Waals surface area contributed by atoms with Gasteiger partial charge in [-0.15, -0.1) is 0 Å². The lowest BCUT2D eigenvalue weighted by Gasteiger charge is -2.27. The predicted octanol–water partition coefficient (Wildman–Crippen LogP) is 0.426. The van der Waals surface area contributed by atoms with Gasteiger partial charge < -0.3 is 20.4 Å². The third-order valence-electron chi connectivity index (χ3n) is 1.46. The number of ether oxygens (including phenoxy) is 1. The zero-order valence-electron chi connectivity index (χ0n) is 8.49. The van der Waals surface area contributed by atoms with Crippen LogP contribution >= 0.6 is 0 Å². The van der Waals surface area contributed by atoms with Crippen LogP contribution in [-0.2, 0) is 9.53 Å². The number of nitrogens with two attached hydrogens (primary N) is 1. The van der Waals surface area contributed by atoms with Crippen LogP contribution in [0.4, 0.5) is 0 Å². The molecule has 0 saturated heterocycles. The van der Waals surface area contributed by atoms with Gasteiger partial charge in [0.25, 0.3) is 0 Å². The zero-order chi connectivity index (χ0) is 10.5. The molecule has 0 aliphatic rings. The summed E-state index contributed by atoms with van der Waals surface area (Å²) >= 11 is 0. The summed E-state index contributed by atoms with van der Waals surface area (Å²) < 4.78 is 5.21. The van der Waals surface area contributed by atoms with Crippen LogP contribution in [0.2, 0.25) is 0 Å². The molecule has 0 spiro atoms. The first-order chi connectivity index (χ1) is 5.87. The maximum Gasteiger partial charge on any atom is 0.170 e. The van der Waals surface area contributed by atoms with E-state index in [4.69, 9.17) is 10.5 Å². The van der Waals surface area contributed by atoms with Crippen LogP contribution in [0, 0.1) is 0 Å².